The Kier molecular flexibility index (Phi) is 3.89. The zero-order valence-corrected chi connectivity index (χ0v) is 14.0. The number of carbonyl (C=O) groups is 1. The first-order valence-electron chi connectivity index (χ1n) is 7.66. The van der Waals surface area contributed by atoms with E-state index in [2.05, 4.69) is 15.3 Å². The molecule has 0 amide bonds. The van der Waals surface area contributed by atoms with Gasteiger partial charge in [0.05, 0.1) is 16.1 Å². The summed E-state index contributed by atoms with van der Waals surface area (Å²) in [6.45, 7) is 0. The third kappa shape index (κ3) is 2.80. The van der Waals surface area contributed by atoms with Gasteiger partial charge < -0.3 is 10.4 Å². The van der Waals surface area contributed by atoms with Crippen molar-refractivity contribution in [3.05, 3.63) is 71.3 Å². The molecule has 0 aliphatic carbocycles. The van der Waals surface area contributed by atoms with Crippen molar-refractivity contribution in [1.29, 1.82) is 0 Å². The number of halogens is 2. The van der Waals surface area contributed by atoms with E-state index in [0.717, 1.165) is 16.2 Å². The van der Waals surface area contributed by atoms with E-state index in [1.807, 2.05) is 6.07 Å². The number of aromatic carboxylic acids is 1. The highest BCUT2D eigenvalue weighted by molar-refractivity contribution is 6.31. The number of fused-ring (bicyclic) bond motifs is 3. The van der Waals surface area contributed by atoms with E-state index in [0.29, 0.717) is 17.0 Å². The number of hydrogen-bond donors (Lipinski definition) is 2. The Bertz CT molecular complexity index is 1180. The Morgan fingerprint density at radius 3 is 2.69 bits per heavy atom. The molecule has 0 radical (unpaired) electrons. The van der Waals surface area contributed by atoms with E-state index < -0.39 is 11.8 Å². The number of aromatic nitrogens is 2. The van der Waals surface area contributed by atoms with Crippen LogP contribution in [0.5, 0.6) is 0 Å². The fourth-order valence-electron chi connectivity index (χ4n) is 2.79. The van der Waals surface area contributed by atoms with Crippen LogP contribution < -0.4 is 5.32 Å². The zero-order chi connectivity index (χ0) is 18.3. The van der Waals surface area contributed by atoms with Gasteiger partial charge in [0.15, 0.2) is 0 Å². The van der Waals surface area contributed by atoms with Gasteiger partial charge in [-0.25, -0.2) is 14.2 Å². The van der Waals surface area contributed by atoms with Gasteiger partial charge >= 0.3 is 5.97 Å². The number of hydrogen-bond acceptors (Lipinski definition) is 4. The van der Waals surface area contributed by atoms with E-state index in [1.54, 1.807) is 30.6 Å². The molecule has 0 fully saturated rings. The average molecular weight is 368 g/mol. The van der Waals surface area contributed by atoms with Gasteiger partial charge in [-0.1, -0.05) is 17.7 Å². The summed E-state index contributed by atoms with van der Waals surface area (Å²) >= 11 is 5.84. The number of nitrogens with one attached hydrogen (secondary N) is 1. The van der Waals surface area contributed by atoms with Crippen LogP contribution in [0.25, 0.3) is 21.7 Å². The summed E-state index contributed by atoms with van der Waals surface area (Å²) in [6.07, 6.45) is 3.33. The van der Waals surface area contributed by atoms with Crippen molar-refractivity contribution in [1.82, 2.24) is 9.97 Å². The van der Waals surface area contributed by atoms with Crippen LogP contribution in [-0.2, 0) is 0 Å². The molecule has 7 heteroatoms. The first-order valence-corrected chi connectivity index (χ1v) is 8.03. The molecule has 26 heavy (non-hydrogen) atoms. The number of pyridine rings is 2. The predicted octanol–water partition coefficient (Wildman–Crippen LogP) is 5.02. The molecule has 0 spiro atoms. The summed E-state index contributed by atoms with van der Waals surface area (Å²) in [5.41, 5.74) is 1.23. The molecule has 0 unspecified atom stereocenters. The number of carboxylic acids is 1. The van der Waals surface area contributed by atoms with E-state index in [1.165, 1.54) is 18.2 Å². The van der Waals surface area contributed by atoms with Gasteiger partial charge in [-0.2, -0.15) is 0 Å². The Hall–Kier alpha value is -3.25. The lowest BCUT2D eigenvalue weighted by Gasteiger charge is -2.12. The molecule has 0 atom stereocenters. The van der Waals surface area contributed by atoms with Crippen LogP contribution in [0.3, 0.4) is 0 Å². The van der Waals surface area contributed by atoms with E-state index in [9.17, 15) is 14.3 Å². The van der Waals surface area contributed by atoms with Crippen LogP contribution >= 0.6 is 11.6 Å². The van der Waals surface area contributed by atoms with Crippen molar-refractivity contribution in [2.75, 3.05) is 5.32 Å². The Balaban J connectivity index is 1.93. The van der Waals surface area contributed by atoms with Gasteiger partial charge in [-0.05, 0) is 41.8 Å². The zero-order valence-electron chi connectivity index (χ0n) is 13.2. The van der Waals surface area contributed by atoms with Gasteiger partial charge in [0, 0.05) is 28.9 Å². The smallest absolute Gasteiger partial charge is 0.335 e. The molecule has 0 aliphatic rings. The molecule has 2 N–H and O–H groups in total. The number of nitrogens with zero attached hydrogens (tertiary/aromatic N) is 2. The number of carboxylic acid groups (broad SMARTS) is 1. The lowest BCUT2D eigenvalue weighted by molar-refractivity contribution is 0.0697. The topological polar surface area (TPSA) is 75.1 Å². The van der Waals surface area contributed by atoms with Crippen LogP contribution in [0.4, 0.5) is 15.9 Å². The SMILES string of the molecule is O=C(O)c1ccc2c(c1)nc(Nc1ccc(F)c(Cl)c1)c1cnccc12. The second-order valence-corrected chi connectivity index (χ2v) is 6.08. The minimum atomic E-state index is -1.02. The van der Waals surface area contributed by atoms with Gasteiger partial charge in [0.2, 0.25) is 0 Å². The molecule has 4 rings (SSSR count). The third-order valence-electron chi connectivity index (χ3n) is 4.03. The van der Waals surface area contributed by atoms with Crippen molar-refractivity contribution in [3.8, 4) is 0 Å². The number of rotatable bonds is 3. The highest BCUT2D eigenvalue weighted by Crippen LogP contribution is 2.31. The molecule has 2 aromatic heterocycles. The summed E-state index contributed by atoms with van der Waals surface area (Å²) < 4.78 is 13.4. The van der Waals surface area contributed by atoms with E-state index in [4.69, 9.17) is 11.6 Å². The Labute approximate surface area is 152 Å². The Morgan fingerprint density at radius 2 is 1.92 bits per heavy atom. The minimum Gasteiger partial charge on any atom is -0.478 e. The maximum atomic E-state index is 13.4. The fourth-order valence-corrected chi connectivity index (χ4v) is 2.97. The van der Waals surface area contributed by atoms with Crippen LogP contribution in [0.1, 0.15) is 10.4 Å². The van der Waals surface area contributed by atoms with Crippen molar-refractivity contribution in [2.24, 2.45) is 0 Å². The number of benzene rings is 2. The van der Waals surface area contributed by atoms with Gasteiger partial charge in [-0.3, -0.25) is 4.98 Å². The summed E-state index contributed by atoms with van der Waals surface area (Å²) in [5, 5.41) is 14.8. The maximum absolute atomic E-state index is 13.4. The molecule has 0 saturated carbocycles. The summed E-state index contributed by atoms with van der Waals surface area (Å²) in [4.78, 5) is 19.9. The third-order valence-corrected chi connectivity index (χ3v) is 4.32. The van der Waals surface area contributed by atoms with Crippen molar-refractivity contribution >= 4 is 50.8 Å². The van der Waals surface area contributed by atoms with E-state index in [-0.39, 0.29) is 10.6 Å². The molecule has 128 valence electrons. The summed E-state index contributed by atoms with van der Waals surface area (Å²) in [7, 11) is 0. The minimum absolute atomic E-state index is 0.00798. The molecule has 0 saturated heterocycles. The summed E-state index contributed by atoms with van der Waals surface area (Å²) in [5.74, 6) is -1.06. The lowest BCUT2D eigenvalue weighted by Crippen LogP contribution is -1.99. The quantitative estimate of drug-likeness (QED) is 0.497. The first kappa shape index (κ1) is 16.2. The highest BCUT2D eigenvalue weighted by atomic mass is 35.5. The van der Waals surface area contributed by atoms with Crippen molar-refractivity contribution in [2.45, 2.75) is 0 Å². The Morgan fingerprint density at radius 1 is 1.08 bits per heavy atom. The molecule has 4 aromatic rings. The maximum Gasteiger partial charge on any atom is 0.335 e. The van der Waals surface area contributed by atoms with Crippen LogP contribution in [0.15, 0.2) is 54.9 Å². The second kappa shape index (κ2) is 6.24. The normalized spacial score (nSPS) is 11.0. The standard InChI is InChI=1S/C19H11ClFN3O2/c20-15-8-11(2-4-16(15)21)23-18-14-9-22-6-5-12(14)13-3-1-10(19(25)26)7-17(13)24-18/h1-9H,(H,23,24)(H,25,26). The van der Waals surface area contributed by atoms with Gasteiger partial charge in [0.25, 0.3) is 0 Å². The highest BCUT2D eigenvalue weighted by Gasteiger charge is 2.12. The molecule has 5 nitrogen and oxygen atoms in total. The fraction of sp³-hybridized carbons (Fsp3) is 0. The molecular formula is C19H11ClFN3O2. The first-order chi connectivity index (χ1) is 12.5. The molecule has 0 bridgehead atoms. The van der Waals surface area contributed by atoms with Crippen LogP contribution in [-0.4, -0.2) is 21.0 Å². The molecular weight excluding hydrogens is 357 g/mol. The molecule has 2 heterocycles. The average Bonchev–Trinajstić information content (AvgIpc) is 2.64. The van der Waals surface area contributed by atoms with Gasteiger partial charge in [0.1, 0.15) is 11.6 Å². The largest absolute Gasteiger partial charge is 0.478 e. The van der Waals surface area contributed by atoms with Crippen molar-refractivity contribution in [3.63, 3.8) is 0 Å². The van der Waals surface area contributed by atoms with Crippen LogP contribution in [0, 0.1) is 5.82 Å². The lowest BCUT2D eigenvalue weighted by atomic mass is 10.1. The second-order valence-electron chi connectivity index (χ2n) is 5.67. The summed E-state index contributed by atoms with van der Waals surface area (Å²) in [6, 6.07) is 10.9. The predicted molar refractivity (Wildman–Crippen MR) is 98.7 cm³/mol. The van der Waals surface area contributed by atoms with E-state index >= 15 is 0 Å². The molecule has 2 aromatic carbocycles. The number of anilines is 2. The molecule has 0 aliphatic heterocycles. The van der Waals surface area contributed by atoms with Crippen LogP contribution in [0.2, 0.25) is 5.02 Å². The van der Waals surface area contributed by atoms with Gasteiger partial charge in [-0.15, -0.1) is 0 Å². The monoisotopic (exact) mass is 367 g/mol. The van der Waals surface area contributed by atoms with Crippen molar-refractivity contribution < 1.29 is 14.3 Å².